The second-order valence-corrected chi connectivity index (χ2v) is 6.14. The van der Waals surface area contributed by atoms with Crippen LogP contribution in [0.5, 0.6) is 0 Å². The van der Waals surface area contributed by atoms with E-state index in [2.05, 4.69) is 5.32 Å². The molecule has 1 aliphatic heterocycles. The van der Waals surface area contributed by atoms with Crippen LogP contribution in [0, 0.1) is 0 Å². The van der Waals surface area contributed by atoms with E-state index in [1.54, 1.807) is 12.1 Å². The summed E-state index contributed by atoms with van der Waals surface area (Å²) in [5.74, 6) is -0.711. The molecule has 7 heteroatoms. The van der Waals surface area contributed by atoms with E-state index in [0.29, 0.717) is 37.0 Å². The summed E-state index contributed by atoms with van der Waals surface area (Å²) in [6, 6.07) is 3.68. The Hall–Kier alpha value is -1.08. The first kappa shape index (κ1) is 16.3. The molecule has 1 atom stereocenters. The number of carbonyl (C=O) groups excluding carboxylic acids is 1. The van der Waals surface area contributed by atoms with Gasteiger partial charge in [0.25, 0.3) is 5.76 Å². The van der Waals surface area contributed by atoms with Gasteiger partial charge in [0, 0.05) is 25.6 Å². The average Bonchev–Trinajstić information content (AvgIpc) is 3.04. The molecule has 1 aliphatic rings. The molecule has 1 N–H and O–H groups in total. The number of hydrogen-bond donors (Lipinski definition) is 1. The van der Waals surface area contributed by atoms with Crippen molar-refractivity contribution in [1.82, 2.24) is 10.2 Å². The molecule has 0 aromatic carbocycles. The van der Waals surface area contributed by atoms with Crippen molar-refractivity contribution in [3.05, 3.63) is 23.7 Å². The Morgan fingerprint density at radius 3 is 2.86 bits per heavy atom. The fourth-order valence-corrected chi connectivity index (χ4v) is 2.75. The molecule has 1 aromatic rings. The molecule has 0 saturated carbocycles. The number of rotatable bonds is 8. The zero-order valence-corrected chi connectivity index (χ0v) is 12.8. The Labute approximate surface area is 127 Å². The lowest BCUT2D eigenvalue weighted by Gasteiger charge is -2.21. The minimum Gasteiger partial charge on any atom is -0.464 e. The van der Waals surface area contributed by atoms with Gasteiger partial charge in [-0.2, -0.15) is 8.78 Å². The van der Waals surface area contributed by atoms with Crippen LogP contribution >= 0.6 is 11.8 Å². The third-order valence-corrected chi connectivity index (χ3v) is 4.06. The number of likely N-dealkylation sites (tertiary alicyclic amines) is 1. The summed E-state index contributed by atoms with van der Waals surface area (Å²) in [6.07, 6.45) is 1.59. The van der Waals surface area contributed by atoms with Crippen molar-refractivity contribution in [3.8, 4) is 0 Å². The predicted molar refractivity (Wildman–Crippen MR) is 78.1 cm³/mol. The molecule has 0 aliphatic carbocycles. The number of halogens is 2. The first-order valence-corrected chi connectivity index (χ1v) is 8.08. The standard InChI is InChI=1S/C14H20F2N2O2S/c1-10(8-18-6-2-3-13(18)19)17-7-11-4-5-12(20-11)9-21-14(15)16/h4-5,10,14,17H,2-3,6-9H2,1H3. The molecular weight excluding hydrogens is 298 g/mol. The Morgan fingerprint density at radius 1 is 1.43 bits per heavy atom. The number of alkyl halides is 2. The number of furan rings is 1. The number of hydrogen-bond acceptors (Lipinski definition) is 4. The highest BCUT2D eigenvalue weighted by molar-refractivity contribution is 7.98. The van der Waals surface area contributed by atoms with E-state index in [1.807, 2.05) is 11.8 Å². The van der Waals surface area contributed by atoms with E-state index in [-0.39, 0.29) is 17.7 Å². The molecule has 0 bridgehead atoms. The van der Waals surface area contributed by atoms with Gasteiger partial charge in [-0.25, -0.2) is 0 Å². The monoisotopic (exact) mass is 318 g/mol. The lowest BCUT2D eigenvalue weighted by molar-refractivity contribution is -0.127. The fraction of sp³-hybridized carbons (Fsp3) is 0.643. The summed E-state index contributed by atoms with van der Waals surface area (Å²) < 4.78 is 29.6. The summed E-state index contributed by atoms with van der Waals surface area (Å²) in [7, 11) is 0. The van der Waals surface area contributed by atoms with Crippen LogP contribution in [0.2, 0.25) is 0 Å². The van der Waals surface area contributed by atoms with Gasteiger partial charge >= 0.3 is 0 Å². The normalized spacial score (nSPS) is 17.0. The second-order valence-electron chi connectivity index (χ2n) is 5.16. The first-order valence-electron chi connectivity index (χ1n) is 7.03. The van der Waals surface area contributed by atoms with E-state index in [1.165, 1.54) is 0 Å². The highest BCUT2D eigenvalue weighted by atomic mass is 32.2. The van der Waals surface area contributed by atoms with Crippen molar-refractivity contribution in [2.45, 2.75) is 43.9 Å². The number of nitrogens with zero attached hydrogens (tertiary/aromatic N) is 1. The highest BCUT2D eigenvalue weighted by Crippen LogP contribution is 2.21. The van der Waals surface area contributed by atoms with Crippen molar-refractivity contribution >= 4 is 17.7 Å². The van der Waals surface area contributed by atoms with E-state index in [4.69, 9.17) is 4.42 Å². The van der Waals surface area contributed by atoms with Gasteiger partial charge in [-0.1, -0.05) is 11.8 Å². The molecule has 1 amide bonds. The quantitative estimate of drug-likeness (QED) is 0.800. The molecule has 4 nitrogen and oxygen atoms in total. The Balaban J connectivity index is 1.71. The SMILES string of the molecule is CC(CN1CCCC1=O)NCc1ccc(CSC(F)F)o1. The van der Waals surface area contributed by atoms with Gasteiger partial charge in [-0.05, 0) is 25.5 Å². The predicted octanol–water partition coefficient (Wildman–Crippen LogP) is 2.84. The third-order valence-electron chi connectivity index (χ3n) is 3.36. The minimum atomic E-state index is -2.38. The van der Waals surface area contributed by atoms with Gasteiger partial charge in [-0.15, -0.1) is 0 Å². The zero-order valence-electron chi connectivity index (χ0n) is 12.0. The van der Waals surface area contributed by atoms with Gasteiger partial charge in [0.05, 0.1) is 12.3 Å². The maximum absolute atomic E-state index is 12.1. The summed E-state index contributed by atoms with van der Waals surface area (Å²) in [5.41, 5.74) is 0. The molecule has 2 rings (SSSR count). The number of carbonyl (C=O) groups is 1. The summed E-state index contributed by atoms with van der Waals surface area (Å²) in [6.45, 7) is 4.07. The summed E-state index contributed by atoms with van der Waals surface area (Å²) in [5, 5.41) is 3.28. The third kappa shape index (κ3) is 5.32. The Bertz CT molecular complexity index is 468. The number of nitrogens with one attached hydrogen (secondary N) is 1. The molecule has 0 radical (unpaired) electrons. The molecule has 1 aromatic heterocycles. The highest BCUT2D eigenvalue weighted by Gasteiger charge is 2.21. The van der Waals surface area contributed by atoms with Crippen LogP contribution in [0.4, 0.5) is 8.78 Å². The maximum atomic E-state index is 12.1. The van der Waals surface area contributed by atoms with E-state index in [9.17, 15) is 13.6 Å². The zero-order chi connectivity index (χ0) is 15.2. The van der Waals surface area contributed by atoms with Crippen LogP contribution in [0.1, 0.15) is 31.3 Å². The molecule has 1 fully saturated rings. The van der Waals surface area contributed by atoms with Crippen LogP contribution in [0.25, 0.3) is 0 Å². The molecular formula is C14H20F2N2O2S. The van der Waals surface area contributed by atoms with Crippen molar-refractivity contribution in [2.24, 2.45) is 0 Å². The van der Waals surface area contributed by atoms with E-state index < -0.39 is 5.76 Å². The first-order chi connectivity index (χ1) is 10.0. The average molecular weight is 318 g/mol. The van der Waals surface area contributed by atoms with Crippen molar-refractivity contribution in [2.75, 3.05) is 13.1 Å². The van der Waals surface area contributed by atoms with Crippen LogP contribution in [0.15, 0.2) is 16.5 Å². The number of amides is 1. The molecule has 2 heterocycles. The van der Waals surface area contributed by atoms with Crippen molar-refractivity contribution < 1.29 is 18.0 Å². The van der Waals surface area contributed by atoms with Gasteiger partial charge in [0.1, 0.15) is 11.5 Å². The fourth-order valence-electron chi connectivity index (χ4n) is 2.31. The maximum Gasteiger partial charge on any atom is 0.284 e. The van der Waals surface area contributed by atoms with Gasteiger partial charge in [-0.3, -0.25) is 4.79 Å². The largest absolute Gasteiger partial charge is 0.464 e. The van der Waals surface area contributed by atoms with Gasteiger partial charge in [0.15, 0.2) is 0 Å². The molecule has 1 unspecified atom stereocenters. The molecule has 21 heavy (non-hydrogen) atoms. The summed E-state index contributed by atoms with van der Waals surface area (Å²) >= 11 is 0.552. The minimum absolute atomic E-state index is 0.163. The molecule has 0 spiro atoms. The smallest absolute Gasteiger partial charge is 0.284 e. The number of thioether (sulfide) groups is 1. The second kappa shape index (κ2) is 7.79. The Kier molecular flexibility index (Phi) is 6.05. The Morgan fingerprint density at radius 2 is 2.19 bits per heavy atom. The van der Waals surface area contributed by atoms with Crippen LogP contribution in [-0.4, -0.2) is 35.7 Å². The van der Waals surface area contributed by atoms with Gasteiger partial charge in [0.2, 0.25) is 5.91 Å². The van der Waals surface area contributed by atoms with E-state index >= 15 is 0 Å². The van der Waals surface area contributed by atoms with Crippen LogP contribution in [0.3, 0.4) is 0 Å². The van der Waals surface area contributed by atoms with E-state index in [0.717, 1.165) is 18.7 Å². The van der Waals surface area contributed by atoms with Gasteiger partial charge < -0.3 is 14.6 Å². The lowest BCUT2D eigenvalue weighted by Crippen LogP contribution is -2.39. The summed E-state index contributed by atoms with van der Waals surface area (Å²) in [4.78, 5) is 13.4. The van der Waals surface area contributed by atoms with Crippen molar-refractivity contribution in [3.63, 3.8) is 0 Å². The lowest BCUT2D eigenvalue weighted by atomic mass is 10.3. The molecule has 1 saturated heterocycles. The van der Waals surface area contributed by atoms with Crippen LogP contribution in [-0.2, 0) is 17.1 Å². The topological polar surface area (TPSA) is 45.5 Å². The van der Waals surface area contributed by atoms with Crippen LogP contribution < -0.4 is 5.32 Å². The molecule has 118 valence electrons. The van der Waals surface area contributed by atoms with Crippen molar-refractivity contribution in [1.29, 1.82) is 0 Å².